The molecule has 0 aromatic carbocycles. The van der Waals surface area contributed by atoms with Gasteiger partial charge in [-0.3, -0.25) is 4.98 Å². The van der Waals surface area contributed by atoms with Crippen LogP contribution in [0.25, 0.3) is 6.08 Å². The molecule has 0 spiro atoms. The van der Waals surface area contributed by atoms with Crippen LogP contribution in [0.15, 0.2) is 17.8 Å². The first-order chi connectivity index (χ1) is 5.70. The summed E-state index contributed by atoms with van der Waals surface area (Å²) in [5, 5.41) is 0. The predicted octanol–water partition coefficient (Wildman–Crippen LogP) is 2.91. The van der Waals surface area contributed by atoms with Crippen molar-refractivity contribution >= 4 is 6.08 Å². The third kappa shape index (κ3) is 0.893. The monoisotopic (exact) mass is 159 g/mol. The predicted molar refractivity (Wildman–Crippen MR) is 51.0 cm³/mol. The molecule has 1 aromatic rings. The van der Waals surface area contributed by atoms with E-state index in [0.717, 1.165) is 0 Å². The molecule has 1 aliphatic rings. The molecule has 0 radical (unpaired) electrons. The van der Waals surface area contributed by atoms with Crippen molar-refractivity contribution in [3.63, 3.8) is 0 Å². The van der Waals surface area contributed by atoms with Crippen LogP contribution in [0.1, 0.15) is 36.6 Å². The standard InChI is InChI=1S/C11H13N/c1-7-6-10-4-5-12-9(3)11(10)8(7)2/h4-6,8H,1-3H3. The van der Waals surface area contributed by atoms with Crippen molar-refractivity contribution in [1.82, 2.24) is 4.98 Å². The zero-order valence-corrected chi connectivity index (χ0v) is 7.76. The number of rotatable bonds is 0. The highest BCUT2D eigenvalue weighted by molar-refractivity contribution is 5.66. The van der Waals surface area contributed by atoms with E-state index in [2.05, 4.69) is 37.9 Å². The molecule has 0 amide bonds. The van der Waals surface area contributed by atoms with Crippen molar-refractivity contribution in [2.24, 2.45) is 0 Å². The largest absolute Gasteiger partial charge is 0.261 e. The van der Waals surface area contributed by atoms with Gasteiger partial charge in [0.05, 0.1) is 0 Å². The van der Waals surface area contributed by atoms with Crippen LogP contribution in [-0.2, 0) is 0 Å². The van der Waals surface area contributed by atoms with Crippen LogP contribution in [0.2, 0.25) is 0 Å². The number of aromatic nitrogens is 1. The minimum absolute atomic E-state index is 0.564. The van der Waals surface area contributed by atoms with Gasteiger partial charge in [0, 0.05) is 17.8 Å². The molecule has 0 fully saturated rings. The van der Waals surface area contributed by atoms with E-state index in [-0.39, 0.29) is 0 Å². The van der Waals surface area contributed by atoms with Gasteiger partial charge in [0.15, 0.2) is 0 Å². The van der Waals surface area contributed by atoms with Crippen LogP contribution in [0.4, 0.5) is 0 Å². The lowest BCUT2D eigenvalue weighted by Gasteiger charge is -2.09. The van der Waals surface area contributed by atoms with Gasteiger partial charge >= 0.3 is 0 Å². The van der Waals surface area contributed by atoms with Gasteiger partial charge in [-0.25, -0.2) is 0 Å². The number of hydrogen-bond donors (Lipinski definition) is 0. The van der Waals surface area contributed by atoms with Crippen LogP contribution >= 0.6 is 0 Å². The Hall–Kier alpha value is -1.11. The molecule has 1 aromatic heterocycles. The number of pyridine rings is 1. The molecule has 1 unspecified atom stereocenters. The lowest BCUT2D eigenvalue weighted by atomic mass is 9.98. The van der Waals surface area contributed by atoms with E-state index in [1.807, 2.05) is 6.20 Å². The fourth-order valence-corrected chi connectivity index (χ4v) is 1.88. The molecule has 0 bridgehead atoms. The van der Waals surface area contributed by atoms with Crippen LogP contribution < -0.4 is 0 Å². The van der Waals surface area contributed by atoms with Crippen LogP contribution in [0.3, 0.4) is 0 Å². The first-order valence-electron chi connectivity index (χ1n) is 4.34. The fraction of sp³-hybridized carbons (Fsp3) is 0.364. The number of aryl methyl sites for hydroxylation is 1. The Morgan fingerprint density at radius 2 is 2.08 bits per heavy atom. The maximum absolute atomic E-state index is 4.30. The Bertz CT molecular complexity index is 350. The average molecular weight is 159 g/mol. The van der Waals surface area contributed by atoms with Crippen LogP contribution in [0.5, 0.6) is 0 Å². The van der Waals surface area contributed by atoms with E-state index >= 15 is 0 Å². The van der Waals surface area contributed by atoms with Crippen LogP contribution in [0, 0.1) is 6.92 Å². The van der Waals surface area contributed by atoms with Crippen LogP contribution in [-0.4, -0.2) is 4.98 Å². The molecule has 0 saturated heterocycles. The van der Waals surface area contributed by atoms with E-state index in [9.17, 15) is 0 Å². The van der Waals surface area contributed by atoms with Crippen molar-refractivity contribution in [2.45, 2.75) is 26.7 Å². The summed E-state index contributed by atoms with van der Waals surface area (Å²) in [6, 6.07) is 2.09. The van der Waals surface area contributed by atoms with Gasteiger partial charge < -0.3 is 0 Å². The molecular formula is C11H13N. The first kappa shape index (κ1) is 7.53. The molecule has 0 aliphatic heterocycles. The summed E-state index contributed by atoms with van der Waals surface area (Å²) < 4.78 is 0. The summed E-state index contributed by atoms with van der Waals surface area (Å²) in [5.74, 6) is 0.564. The molecular weight excluding hydrogens is 146 g/mol. The summed E-state index contributed by atoms with van der Waals surface area (Å²) in [5.41, 5.74) is 5.39. The van der Waals surface area contributed by atoms with Gasteiger partial charge in [-0.2, -0.15) is 0 Å². The summed E-state index contributed by atoms with van der Waals surface area (Å²) in [6.07, 6.45) is 4.14. The molecule has 1 heterocycles. The Kier molecular flexibility index (Phi) is 1.53. The van der Waals surface area contributed by atoms with Gasteiger partial charge in [-0.15, -0.1) is 0 Å². The molecule has 0 N–H and O–H groups in total. The average Bonchev–Trinajstić information content (AvgIpc) is 2.29. The first-order valence-corrected chi connectivity index (χ1v) is 4.34. The summed E-state index contributed by atoms with van der Waals surface area (Å²) in [4.78, 5) is 4.30. The Morgan fingerprint density at radius 1 is 1.33 bits per heavy atom. The molecule has 1 heteroatoms. The highest BCUT2D eigenvalue weighted by atomic mass is 14.7. The van der Waals surface area contributed by atoms with Gasteiger partial charge in [0.25, 0.3) is 0 Å². The van der Waals surface area contributed by atoms with Crippen molar-refractivity contribution < 1.29 is 0 Å². The lowest BCUT2D eigenvalue weighted by Crippen LogP contribution is -1.96. The van der Waals surface area contributed by atoms with E-state index in [1.165, 1.54) is 22.4 Å². The molecule has 1 nitrogen and oxygen atoms in total. The Labute approximate surface area is 73.1 Å². The quantitative estimate of drug-likeness (QED) is 0.567. The smallest absolute Gasteiger partial charge is 0.0416 e. The topological polar surface area (TPSA) is 12.9 Å². The third-order valence-corrected chi connectivity index (χ3v) is 2.72. The summed E-state index contributed by atoms with van der Waals surface area (Å²) in [6.45, 7) is 6.51. The van der Waals surface area contributed by atoms with E-state index < -0.39 is 0 Å². The van der Waals surface area contributed by atoms with Gasteiger partial charge in [-0.1, -0.05) is 18.6 Å². The molecule has 1 atom stereocenters. The second-order valence-corrected chi connectivity index (χ2v) is 3.51. The normalized spacial score (nSPS) is 20.6. The maximum Gasteiger partial charge on any atom is 0.0416 e. The van der Waals surface area contributed by atoms with Crippen molar-refractivity contribution in [2.75, 3.05) is 0 Å². The molecule has 1 aliphatic carbocycles. The van der Waals surface area contributed by atoms with E-state index in [0.29, 0.717) is 5.92 Å². The third-order valence-electron chi connectivity index (χ3n) is 2.72. The molecule has 2 rings (SSSR count). The van der Waals surface area contributed by atoms with Crippen molar-refractivity contribution in [1.29, 1.82) is 0 Å². The van der Waals surface area contributed by atoms with Crippen molar-refractivity contribution in [3.8, 4) is 0 Å². The zero-order chi connectivity index (χ0) is 8.72. The van der Waals surface area contributed by atoms with Gasteiger partial charge in [0.2, 0.25) is 0 Å². The highest BCUT2D eigenvalue weighted by Crippen LogP contribution is 2.36. The maximum atomic E-state index is 4.30. The SMILES string of the molecule is CC1=Cc2ccnc(C)c2C1C. The number of hydrogen-bond acceptors (Lipinski definition) is 1. The van der Waals surface area contributed by atoms with Gasteiger partial charge in [-0.05, 0) is 31.0 Å². The Balaban J connectivity index is 2.63. The second kappa shape index (κ2) is 2.44. The minimum atomic E-state index is 0.564. The van der Waals surface area contributed by atoms with E-state index in [4.69, 9.17) is 0 Å². The number of nitrogens with zero attached hydrogens (tertiary/aromatic N) is 1. The molecule has 62 valence electrons. The fourth-order valence-electron chi connectivity index (χ4n) is 1.88. The molecule has 0 saturated carbocycles. The van der Waals surface area contributed by atoms with Gasteiger partial charge in [0.1, 0.15) is 0 Å². The highest BCUT2D eigenvalue weighted by Gasteiger charge is 2.19. The van der Waals surface area contributed by atoms with E-state index in [1.54, 1.807) is 0 Å². The summed E-state index contributed by atoms with van der Waals surface area (Å²) in [7, 11) is 0. The zero-order valence-electron chi connectivity index (χ0n) is 7.76. The number of allylic oxidation sites excluding steroid dienone is 1. The Morgan fingerprint density at radius 3 is 2.75 bits per heavy atom. The molecule has 12 heavy (non-hydrogen) atoms. The summed E-state index contributed by atoms with van der Waals surface area (Å²) >= 11 is 0. The second-order valence-electron chi connectivity index (χ2n) is 3.51. The minimum Gasteiger partial charge on any atom is -0.261 e. The lowest BCUT2D eigenvalue weighted by molar-refractivity contribution is 0.893. The van der Waals surface area contributed by atoms with Crippen molar-refractivity contribution in [3.05, 3.63) is 34.7 Å². The number of fused-ring (bicyclic) bond motifs is 1.